The molecule has 0 aliphatic carbocycles. The standard InChI is InChI=1S/C16H11BrN2S2/c17-16(15-8-14-13(21-15)6-7-20-14)11-9-18-19(10-11)12-4-2-1-3-5-12/h1-10,16H. The highest BCUT2D eigenvalue weighted by molar-refractivity contribution is 9.09. The summed E-state index contributed by atoms with van der Waals surface area (Å²) < 4.78 is 4.63. The minimum Gasteiger partial charge on any atom is -0.241 e. The second kappa shape index (κ2) is 5.40. The highest BCUT2D eigenvalue weighted by Gasteiger charge is 2.16. The van der Waals surface area contributed by atoms with Gasteiger partial charge in [0.05, 0.1) is 16.7 Å². The lowest BCUT2D eigenvalue weighted by Crippen LogP contribution is -1.93. The van der Waals surface area contributed by atoms with Crippen LogP contribution in [0, 0.1) is 0 Å². The molecule has 0 aliphatic rings. The summed E-state index contributed by atoms with van der Waals surface area (Å²) in [6.45, 7) is 0. The molecule has 0 aliphatic heterocycles. The van der Waals surface area contributed by atoms with Gasteiger partial charge in [0.1, 0.15) is 0 Å². The maximum atomic E-state index is 4.47. The van der Waals surface area contributed by atoms with Crippen LogP contribution in [0.3, 0.4) is 0 Å². The molecule has 4 aromatic rings. The predicted octanol–water partition coefficient (Wildman–Crippen LogP) is 5.63. The van der Waals surface area contributed by atoms with Crippen molar-refractivity contribution in [3.05, 3.63) is 70.7 Å². The Labute approximate surface area is 138 Å². The van der Waals surface area contributed by atoms with Gasteiger partial charge in [0.25, 0.3) is 0 Å². The van der Waals surface area contributed by atoms with Crippen LogP contribution in [0.15, 0.2) is 60.2 Å². The first kappa shape index (κ1) is 13.2. The van der Waals surface area contributed by atoms with Crippen LogP contribution in [0.25, 0.3) is 15.1 Å². The number of benzene rings is 1. The number of hydrogen-bond acceptors (Lipinski definition) is 3. The molecule has 0 amide bonds. The Hall–Kier alpha value is -1.43. The van der Waals surface area contributed by atoms with Crippen molar-refractivity contribution in [2.45, 2.75) is 4.83 Å². The number of para-hydroxylation sites is 1. The first-order chi connectivity index (χ1) is 10.3. The van der Waals surface area contributed by atoms with Gasteiger partial charge in [-0.25, -0.2) is 4.68 Å². The van der Waals surface area contributed by atoms with Crippen molar-refractivity contribution >= 4 is 48.0 Å². The van der Waals surface area contributed by atoms with Gasteiger partial charge in [-0.1, -0.05) is 34.1 Å². The average Bonchev–Trinajstić information content (AvgIpc) is 3.22. The number of thiophene rings is 2. The Morgan fingerprint density at radius 2 is 1.95 bits per heavy atom. The molecule has 0 N–H and O–H groups in total. The summed E-state index contributed by atoms with van der Waals surface area (Å²) in [5.41, 5.74) is 2.25. The fourth-order valence-corrected chi connectivity index (χ4v) is 5.04. The first-order valence-electron chi connectivity index (χ1n) is 6.52. The molecular weight excluding hydrogens is 364 g/mol. The Kier molecular flexibility index (Phi) is 3.41. The molecule has 5 heteroatoms. The average molecular weight is 375 g/mol. The van der Waals surface area contributed by atoms with Gasteiger partial charge in [-0.05, 0) is 29.6 Å². The molecule has 21 heavy (non-hydrogen) atoms. The van der Waals surface area contributed by atoms with Crippen LogP contribution in [0.4, 0.5) is 0 Å². The van der Waals surface area contributed by atoms with E-state index in [9.17, 15) is 0 Å². The first-order valence-corrected chi connectivity index (χ1v) is 9.13. The van der Waals surface area contributed by atoms with Crippen LogP contribution in [0.5, 0.6) is 0 Å². The van der Waals surface area contributed by atoms with Gasteiger partial charge in [-0.2, -0.15) is 5.10 Å². The molecule has 104 valence electrons. The van der Waals surface area contributed by atoms with E-state index in [1.165, 1.54) is 19.8 Å². The number of aromatic nitrogens is 2. The lowest BCUT2D eigenvalue weighted by molar-refractivity contribution is 0.880. The van der Waals surface area contributed by atoms with Crippen molar-refractivity contribution in [1.29, 1.82) is 0 Å². The molecule has 1 unspecified atom stereocenters. The number of alkyl halides is 1. The summed E-state index contributed by atoms with van der Waals surface area (Å²) in [6, 6.07) is 14.6. The summed E-state index contributed by atoms with van der Waals surface area (Å²) in [5.74, 6) is 0. The van der Waals surface area contributed by atoms with Crippen molar-refractivity contribution in [2.75, 3.05) is 0 Å². The maximum Gasteiger partial charge on any atom is 0.0769 e. The van der Waals surface area contributed by atoms with E-state index in [4.69, 9.17) is 0 Å². The Morgan fingerprint density at radius 1 is 1.10 bits per heavy atom. The monoisotopic (exact) mass is 374 g/mol. The summed E-state index contributed by atoms with van der Waals surface area (Å²) in [6.07, 6.45) is 4.02. The van der Waals surface area contributed by atoms with Gasteiger partial charge in [-0.15, -0.1) is 22.7 Å². The van der Waals surface area contributed by atoms with Crippen molar-refractivity contribution in [3.8, 4) is 5.69 Å². The van der Waals surface area contributed by atoms with Crippen molar-refractivity contribution in [1.82, 2.24) is 9.78 Å². The minimum absolute atomic E-state index is 0.194. The molecular formula is C16H11BrN2S2. The number of rotatable bonds is 3. The molecule has 0 fully saturated rings. The smallest absolute Gasteiger partial charge is 0.0769 e. The lowest BCUT2D eigenvalue weighted by Gasteiger charge is -2.04. The third kappa shape index (κ3) is 2.46. The normalized spacial score (nSPS) is 12.8. The molecule has 0 radical (unpaired) electrons. The third-order valence-corrected chi connectivity index (χ3v) is 6.81. The van der Waals surface area contributed by atoms with E-state index < -0.39 is 0 Å². The van der Waals surface area contributed by atoms with Crippen LogP contribution >= 0.6 is 38.6 Å². The molecule has 3 aromatic heterocycles. The SMILES string of the molecule is BrC(c1cnn(-c2ccccc2)c1)c1cc2sccc2s1. The van der Waals surface area contributed by atoms with E-state index in [1.54, 1.807) is 11.3 Å². The fourth-order valence-electron chi connectivity index (χ4n) is 2.26. The number of halogens is 1. The predicted molar refractivity (Wildman–Crippen MR) is 94.0 cm³/mol. The van der Waals surface area contributed by atoms with Crippen LogP contribution < -0.4 is 0 Å². The molecule has 1 atom stereocenters. The molecule has 0 spiro atoms. The number of hydrogen-bond donors (Lipinski definition) is 0. The van der Waals surface area contributed by atoms with Crippen LogP contribution in [0.2, 0.25) is 0 Å². The molecule has 1 aromatic carbocycles. The molecule has 0 bridgehead atoms. The van der Waals surface area contributed by atoms with Gasteiger partial charge in [-0.3, -0.25) is 0 Å². The van der Waals surface area contributed by atoms with Crippen molar-refractivity contribution < 1.29 is 0 Å². The van der Waals surface area contributed by atoms with E-state index in [2.05, 4.69) is 56.9 Å². The maximum absolute atomic E-state index is 4.47. The topological polar surface area (TPSA) is 17.8 Å². The van der Waals surface area contributed by atoms with E-state index >= 15 is 0 Å². The van der Waals surface area contributed by atoms with Gasteiger partial charge in [0.2, 0.25) is 0 Å². The third-order valence-electron chi connectivity index (χ3n) is 3.32. The van der Waals surface area contributed by atoms with Gasteiger partial charge in [0, 0.05) is 26.0 Å². The van der Waals surface area contributed by atoms with Crippen molar-refractivity contribution in [2.24, 2.45) is 0 Å². The Balaban J connectivity index is 1.67. The van der Waals surface area contributed by atoms with E-state index in [1.807, 2.05) is 40.4 Å². The Morgan fingerprint density at radius 3 is 2.76 bits per heavy atom. The highest BCUT2D eigenvalue weighted by Crippen LogP contribution is 2.39. The molecule has 2 nitrogen and oxygen atoms in total. The van der Waals surface area contributed by atoms with Gasteiger partial charge >= 0.3 is 0 Å². The molecule has 3 heterocycles. The summed E-state index contributed by atoms with van der Waals surface area (Å²) in [5, 5.41) is 6.61. The van der Waals surface area contributed by atoms with E-state index in [0.29, 0.717) is 0 Å². The minimum atomic E-state index is 0.194. The van der Waals surface area contributed by atoms with E-state index in [-0.39, 0.29) is 4.83 Å². The molecule has 4 rings (SSSR count). The molecule has 0 saturated heterocycles. The van der Waals surface area contributed by atoms with Crippen LogP contribution in [-0.4, -0.2) is 9.78 Å². The summed E-state index contributed by atoms with van der Waals surface area (Å²) in [7, 11) is 0. The zero-order valence-corrected chi connectivity index (χ0v) is 14.2. The van der Waals surface area contributed by atoms with Crippen molar-refractivity contribution in [3.63, 3.8) is 0 Å². The van der Waals surface area contributed by atoms with E-state index in [0.717, 1.165) is 5.69 Å². The second-order valence-electron chi connectivity index (χ2n) is 4.71. The highest BCUT2D eigenvalue weighted by atomic mass is 79.9. The summed E-state index contributed by atoms with van der Waals surface area (Å²) in [4.78, 5) is 1.52. The fraction of sp³-hybridized carbons (Fsp3) is 0.0625. The quantitative estimate of drug-likeness (QED) is 0.424. The van der Waals surface area contributed by atoms with Gasteiger partial charge < -0.3 is 0 Å². The van der Waals surface area contributed by atoms with Crippen LogP contribution in [-0.2, 0) is 0 Å². The zero-order valence-electron chi connectivity index (χ0n) is 10.9. The summed E-state index contributed by atoms with van der Waals surface area (Å²) >= 11 is 7.43. The largest absolute Gasteiger partial charge is 0.241 e. The zero-order chi connectivity index (χ0) is 14.2. The lowest BCUT2D eigenvalue weighted by atomic mass is 10.2. The number of fused-ring (bicyclic) bond motifs is 1. The number of nitrogens with zero attached hydrogens (tertiary/aromatic N) is 2. The Bertz CT molecular complexity index is 847. The van der Waals surface area contributed by atoms with Crippen LogP contribution in [0.1, 0.15) is 15.3 Å². The second-order valence-corrected chi connectivity index (χ2v) is 7.69. The molecule has 0 saturated carbocycles. The van der Waals surface area contributed by atoms with Gasteiger partial charge in [0.15, 0.2) is 0 Å².